The lowest BCUT2D eigenvalue weighted by atomic mass is 10.0. The van der Waals surface area contributed by atoms with E-state index in [0.717, 1.165) is 17.3 Å². The van der Waals surface area contributed by atoms with E-state index in [1.54, 1.807) is 0 Å². The molecule has 1 atom stereocenters. The van der Waals surface area contributed by atoms with Crippen molar-refractivity contribution >= 4 is 28.8 Å². The molecule has 0 spiro atoms. The van der Waals surface area contributed by atoms with Gasteiger partial charge < -0.3 is 10.1 Å². The average Bonchev–Trinajstić information content (AvgIpc) is 2.49. The summed E-state index contributed by atoms with van der Waals surface area (Å²) in [5.74, 6) is -0.734. The third kappa shape index (κ3) is 6.94. The Bertz CT molecular complexity index is 490. The molecule has 0 heterocycles. The van der Waals surface area contributed by atoms with Gasteiger partial charge in [0.2, 0.25) is 5.91 Å². The first kappa shape index (κ1) is 17.2. The molecular weight excluding hydrogens is 290 g/mol. The van der Waals surface area contributed by atoms with Crippen molar-refractivity contribution in [2.75, 3.05) is 19.4 Å². The first-order valence-electron chi connectivity index (χ1n) is 6.54. The number of hydrogen-bond acceptors (Lipinski definition) is 5. The molecule has 0 aliphatic rings. The van der Waals surface area contributed by atoms with Gasteiger partial charge in [-0.1, -0.05) is 42.1 Å². The molecule has 5 nitrogen and oxygen atoms in total. The molecule has 0 radical (unpaired) electrons. The number of ether oxygens (including phenoxy) is 1. The highest BCUT2D eigenvalue weighted by molar-refractivity contribution is 8.13. The second-order valence-corrected chi connectivity index (χ2v) is 5.68. The zero-order valence-electron chi connectivity index (χ0n) is 12.1. The van der Waals surface area contributed by atoms with Gasteiger partial charge in [0.15, 0.2) is 5.12 Å². The van der Waals surface area contributed by atoms with E-state index >= 15 is 0 Å². The number of rotatable bonds is 7. The topological polar surface area (TPSA) is 72.5 Å². The van der Waals surface area contributed by atoms with Crippen molar-refractivity contribution in [3.8, 4) is 0 Å². The molecule has 6 heteroatoms. The van der Waals surface area contributed by atoms with Gasteiger partial charge >= 0.3 is 5.97 Å². The lowest BCUT2D eigenvalue weighted by Crippen LogP contribution is -2.37. The number of carbonyl (C=O) groups excluding carboxylic acids is 3. The summed E-state index contributed by atoms with van der Waals surface area (Å²) in [6, 6.07) is 9.56. The second-order valence-electron chi connectivity index (χ2n) is 4.48. The van der Waals surface area contributed by atoms with Crippen LogP contribution >= 0.6 is 11.8 Å². The average molecular weight is 309 g/mol. The molecule has 1 rings (SSSR count). The molecule has 0 saturated carbocycles. The SMILES string of the molecule is COC(=O)CNC(=O)[C@H](CSC(C)=O)Cc1ccccc1. The van der Waals surface area contributed by atoms with Crippen molar-refractivity contribution in [2.24, 2.45) is 5.92 Å². The fourth-order valence-electron chi connectivity index (χ4n) is 1.72. The quantitative estimate of drug-likeness (QED) is 0.771. The van der Waals surface area contributed by atoms with Crippen molar-refractivity contribution in [1.82, 2.24) is 5.32 Å². The summed E-state index contributed by atoms with van der Waals surface area (Å²) in [4.78, 5) is 34.3. The summed E-state index contributed by atoms with van der Waals surface area (Å²) in [7, 11) is 1.27. The molecular formula is C15H19NO4S. The fourth-order valence-corrected chi connectivity index (χ4v) is 2.42. The highest BCUT2D eigenvalue weighted by atomic mass is 32.2. The van der Waals surface area contributed by atoms with Crippen molar-refractivity contribution in [1.29, 1.82) is 0 Å². The van der Waals surface area contributed by atoms with Gasteiger partial charge in [0.25, 0.3) is 0 Å². The normalized spacial score (nSPS) is 11.5. The molecule has 114 valence electrons. The van der Waals surface area contributed by atoms with Crippen LogP contribution < -0.4 is 5.32 Å². The van der Waals surface area contributed by atoms with E-state index in [4.69, 9.17) is 0 Å². The summed E-state index contributed by atoms with van der Waals surface area (Å²) in [5, 5.41) is 2.51. The maximum Gasteiger partial charge on any atom is 0.325 e. The monoisotopic (exact) mass is 309 g/mol. The van der Waals surface area contributed by atoms with E-state index in [2.05, 4.69) is 10.1 Å². The molecule has 0 bridgehead atoms. The van der Waals surface area contributed by atoms with E-state index in [-0.39, 0.29) is 23.5 Å². The van der Waals surface area contributed by atoms with Crippen molar-refractivity contribution in [3.63, 3.8) is 0 Å². The highest BCUT2D eigenvalue weighted by Crippen LogP contribution is 2.15. The first-order chi connectivity index (χ1) is 10.0. The number of hydrogen-bond donors (Lipinski definition) is 1. The number of thioether (sulfide) groups is 1. The van der Waals surface area contributed by atoms with Crippen LogP contribution in [-0.2, 0) is 25.5 Å². The van der Waals surface area contributed by atoms with Crippen LogP contribution in [-0.4, -0.2) is 36.4 Å². The van der Waals surface area contributed by atoms with Crippen molar-refractivity contribution < 1.29 is 19.1 Å². The minimum Gasteiger partial charge on any atom is -0.468 e. The van der Waals surface area contributed by atoms with Crippen LogP contribution in [0.1, 0.15) is 12.5 Å². The van der Waals surface area contributed by atoms with Gasteiger partial charge in [0.1, 0.15) is 6.54 Å². The lowest BCUT2D eigenvalue weighted by molar-refractivity contribution is -0.141. The third-order valence-electron chi connectivity index (χ3n) is 2.82. The van der Waals surface area contributed by atoms with E-state index in [1.165, 1.54) is 14.0 Å². The third-order valence-corrected chi connectivity index (χ3v) is 3.79. The van der Waals surface area contributed by atoms with Crippen LogP contribution in [0.4, 0.5) is 0 Å². The van der Waals surface area contributed by atoms with Gasteiger partial charge in [0, 0.05) is 12.7 Å². The Kier molecular flexibility index (Phi) is 7.53. The predicted molar refractivity (Wildman–Crippen MR) is 81.8 cm³/mol. The van der Waals surface area contributed by atoms with Crippen LogP contribution in [0.25, 0.3) is 0 Å². The highest BCUT2D eigenvalue weighted by Gasteiger charge is 2.20. The molecule has 1 N–H and O–H groups in total. The Labute approximate surface area is 128 Å². The van der Waals surface area contributed by atoms with Gasteiger partial charge in [-0.2, -0.15) is 0 Å². The van der Waals surface area contributed by atoms with Gasteiger partial charge in [-0.15, -0.1) is 0 Å². The Morgan fingerprint density at radius 2 is 1.90 bits per heavy atom. The van der Waals surface area contributed by atoms with Crippen LogP contribution in [0.2, 0.25) is 0 Å². The summed E-state index contributed by atoms with van der Waals surface area (Å²) < 4.78 is 4.48. The molecule has 1 aromatic rings. The van der Waals surface area contributed by atoms with Crippen molar-refractivity contribution in [2.45, 2.75) is 13.3 Å². The molecule has 0 unspecified atom stereocenters. The Morgan fingerprint density at radius 3 is 2.48 bits per heavy atom. The first-order valence-corrected chi connectivity index (χ1v) is 7.53. The number of benzene rings is 1. The maximum absolute atomic E-state index is 12.1. The van der Waals surface area contributed by atoms with Crippen LogP contribution in [0.15, 0.2) is 30.3 Å². The minimum absolute atomic E-state index is 0.0335. The van der Waals surface area contributed by atoms with Gasteiger partial charge in [0.05, 0.1) is 13.0 Å². The maximum atomic E-state index is 12.1. The second kappa shape index (κ2) is 9.18. The Balaban J connectivity index is 2.64. The van der Waals surface area contributed by atoms with E-state index in [0.29, 0.717) is 12.2 Å². The molecule has 1 amide bonds. The number of nitrogens with one attached hydrogen (secondary N) is 1. The van der Waals surface area contributed by atoms with Gasteiger partial charge in [-0.3, -0.25) is 14.4 Å². The molecule has 0 fully saturated rings. The smallest absolute Gasteiger partial charge is 0.325 e. The standard InChI is InChI=1S/C15H19NO4S/c1-11(17)21-10-13(8-12-6-4-3-5-7-12)15(19)16-9-14(18)20-2/h3-7,13H,8-10H2,1-2H3,(H,16,19)/t13-/m0/s1. The number of esters is 1. The summed E-state index contributed by atoms with van der Waals surface area (Å²) >= 11 is 1.11. The number of carbonyl (C=O) groups is 3. The summed E-state index contributed by atoms with van der Waals surface area (Å²) in [6.45, 7) is 1.31. The number of amides is 1. The fraction of sp³-hybridized carbons (Fsp3) is 0.400. The minimum atomic E-state index is -0.499. The Hall–Kier alpha value is -1.82. The van der Waals surface area contributed by atoms with Gasteiger partial charge in [-0.05, 0) is 12.0 Å². The Morgan fingerprint density at radius 1 is 1.24 bits per heavy atom. The van der Waals surface area contributed by atoms with E-state index in [1.807, 2.05) is 30.3 Å². The summed E-state index contributed by atoms with van der Waals surface area (Å²) in [6.07, 6.45) is 0.522. The largest absolute Gasteiger partial charge is 0.468 e. The molecule has 0 aliphatic heterocycles. The van der Waals surface area contributed by atoms with E-state index < -0.39 is 5.97 Å². The van der Waals surface area contributed by atoms with Crippen LogP contribution in [0.5, 0.6) is 0 Å². The molecule has 0 saturated heterocycles. The van der Waals surface area contributed by atoms with E-state index in [9.17, 15) is 14.4 Å². The molecule has 21 heavy (non-hydrogen) atoms. The van der Waals surface area contributed by atoms with Crippen LogP contribution in [0, 0.1) is 5.92 Å². The molecule has 1 aromatic carbocycles. The van der Waals surface area contributed by atoms with Gasteiger partial charge in [-0.25, -0.2) is 0 Å². The molecule has 0 aromatic heterocycles. The lowest BCUT2D eigenvalue weighted by Gasteiger charge is -2.15. The molecule has 0 aliphatic carbocycles. The van der Waals surface area contributed by atoms with Crippen LogP contribution in [0.3, 0.4) is 0 Å². The van der Waals surface area contributed by atoms with Crippen molar-refractivity contribution in [3.05, 3.63) is 35.9 Å². The predicted octanol–water partition coefficient (Wildman–Crippen LogP) is 1.41. The number of methoxy groups -OCH3 is 1. The zero-order chi connectivity index (χ0) is 15.7. The summed E-state index contributed by atoms with van der Waals surface area (Å²) in [5.41, 5.74) is 1.01. The zero-order valence-corrected chi connectivity index (χ0v) is 12.9.